The van der Waals surface area contributed by atoms with Gasteiger partial charge in [0, 0.05) is 24.0 Å². The average molecular weight is 1730 g/mol. The average Bonchev–Trinajstić information content (AvgIpc) is 0.819. The third-order valence-electron chi connectivity index (χ3n) is 17.1. The van der Waals surface area contributed by atoms with Gasteiger partial charge in [-0.1, -0.05) is 136 Å². The molecule has 0 heterocycles. The summed E-state index contributed by atoms with van der Waals surface area (Å²) in [5.41, 5.74) is 2.07. The van der Waals surface area contributed by atoms with Gasteiger partial charge in [0.05, 0.1) is 88.3 Å². The van der Waals surface area contributed by atoms with Crippen molar-refractivity contribution in [2.24, 2.45) is 28.6 Å². The highest BCUT2D eigenvalue weighted by Crippen LogP contribution is 2.33. The highest BCUT2D eigenvalue weighted by Gasteiger charge is 2.47. The molecule has 0 aliphatic rings. The van der Waals surface area contributed by atoms with Crippen molar-refractivity contribution >= 4 is 96.2 Å². The van der Waals surface area contributed by atoms with Gasteiger partial charge in [-0.05, 0) is 155 Å². The zero-order valence-corrected chi connectivity index (χ0v) is 70.2. The molecule has 114 heavy (non-hydrogen) atoms. The van der Waals surface area contributed by atoms with Crippen LogP contribution in [0.25, 0.3) is 0 Å². The van der Waals surface area contributed by atoms with Gasteiger partial charge in [-0.15, -0.1) is 0 Å². The lowest BCUT2D eigenvalue weighted by Crippen LogP contribution is -2.39. The van der Waals surface area contributed by atoms with Crippen LogP contribution >= 0.6 is 0 Å². The van der Waals surface area contributed by atoms with E-state index >= 15 is 0 Å². The molecule has 0 saturated heterocycles. The summed E-state index contributed by atoms with van der Waals surface area (Å²) in [5, 5.41) is 5.81. The Bertz CT molecular complexity index is 4590. The summed E-state index contributed by atoms with van der Waals surface area (Å²) in [4.78, 5) is 66.9. The first-order chi connectivity index (χ1) is 52.3. The maximum atomic E-state index is 13.0. The van der Waals surface area contributed by atoms with Gasteiger partial charge in [0.1, 0.15) is 49.3 Å². The number of nitro benzene ring substituents is 1. The Labute approximate surface area is 665 Å². The van der Waals surface area contributed by atoms with E-state index in [2.05, 4.69) is 44.6 Å². The summed E-state index contributed by atoms with van der Waals surface area (Å²) >= 11 is 0. The monoisotopic (exact) mass is 1730 g/mol. The fourth-order valence-corrected chi connectivity index (χ4v) is 10.8. The SMILES string of the molecule is CC(C(=O)OCCCS(=O)(=O)[O-])C(C)C(=O)OCc1ccccc1.CCC(C)(C)C(=O)OCCC(F)C(F)(F)S(=O)(=O)[O-].CCC(C)(C)C(=O)OCCCS(=O)(=O)[O-].CCC(C)C(=O)Oc1ccc(S(=O)(=O)[O-])cc1[N+](=O)[O-].CCC(C)c1ccc(COc2ccc(S(=O)(=O)[O-])cc2)cc1.CCC(C)c1ccc(S(=O)(=O)[O-])cc1. The van der Waals surface area contributed by atoms with Gasteiger partial charge in [0.15, 0.2) is 16.3 Å². The number of ether oxygens (including phenoxy) is 6. The topological polar surface area (TPSA) is 527 Å². The number of benzene rings is 5. The molecule has 41 heteroatoms. The molecule has 0 saturated carbocycles. The van der Waals surface area contributed by atoms with Crippen LogP contribution in [0.5, 0.6) is 11.5 Å². The minimum absolute atomic E-state index is 0.0241. The fourth-order valence-electron chi connectivity index (χ4n) is 7.97. The zero-order valence-electron chi connectivity index (χ0n) is 65.3. The maximum absolute atomic E-state index is 13.0. The van der Waals surface area contributed by atoms with Crippen LogP contribution in [0, 0.1) is 38.7 Å². The van der Waals surface area contributed by atoms with Crippen molar-refractivity contribution in [1.29, 1.82) is 0 Å². The molecule has 0 aromatic heterocycles. The molecule has 5 rings (SSSR count). The predicted octanol–water partition coefficient (Wildman–Crippen LogP) is 11.5. The number of alkyl halides is 3. The minimum atomic E-state index is -6.08. The van der Waals surface area contributed by atoms with E-state index in [1.807, 2.05) is 49.4 Å². The summed E-state index contributed by atoms with van der Waals surface area (Å²) < 4.78 is 258. The number of hydrogen-bond donors (Lipinski definition) is 0. The molecule has 0 radical (unpaired) electrons. The zero-order chi connectivity index (χ0) is 88.2. The Morgan fingerprint density at radius 1 is 0.474 bits per heavy atom. The molecule has 0 spiro atoms. The summed E-state index contributed by atoms with van der Waals surface area (Å²) in [6.07, 6.45) is -0.656. The van der Waals surface area contributed by atoms with Crippen molar-refractivity contribution in [3.8, 4) is 11.5 Å². The van der Waals surface area contributed by atoms with Crippen LogP contribution in [0.4, 0.5) is 18.9 Å². The largest absolute Gasteiger partial charge is 0.748 e. The molecule has 0 bridgehead atoms. The lowest BCUT2D eigenvalue weighted by molar-refractivity contribution is -0.385. The first kappa shape index (κ1) is 106. The van der Waals surface area contributed by atoms with Gasteiger partial charge in [0.2, 0.25) is 5.75 Å². The Morgan fingerprint density at radius 2 is 0.860 bits per heavy atom. The van der Waals surface area contributed by atoms with Crippen LogP contribution in [0.3, 0.4) is 0 Å². The van der Waals surface area contributed by atoms with Gasteiger partial charge in [0.25, 0.3) is 0 Å². The second kappa shape index (κ2) is 48.4. The molecule has 6 unspecified atom stereocenters. The normalized spacial score (nSPS) is 13.5. The molecule has 6 atom stereocenters. The molecule has 0 aliphatic carbocycles. The number of carbonyl (C=O) groups is 5. The van der Waals surface area contributed by atoms with E-state index in [0.717, 1.165) is 41.7 Å². The number of rotatable bonds is 36. The highest BCUT2D eigenvalue weighted by molar-refractivity contribution is 7.87. The minimum Gasteiger partial charge on any atom is -0.748 e. The Balaban J connectivity index is 0.00000136. The van der Waals surface area contributed by atoms with E-state index in [9.17, 15) is 125 Å². The van der Waals surface area contributed by atoms with Crippen LogP contribution in [-0.2, 0) is 117 Å². The van der Waals surface area contributed by atoms with E-state index in [-0.39, 0.29) is 48.4 Å². The number of halogens is 3. The number of nitro groups is 1. The molecule has 0 amide bonds. The van der Waals surface area contributed by atoms with Crippen molar-refractivity contribution in [3.05, 3.63) is 154 Å². The van der Waals surface area contributed by atoms with Crippen molar-refractivity contribution < 1.29 is 148 Å². The number of nitrogens with zero attached hydrogens (tertiary/aromatic N) is 1. The predicted molar refractivity (Wildman–Crippen MR) is 401 cm³/mol. The highest BCUT2D eigenvalue weighted by atomic mass is 32.2. The molecule has 32 nitrogen and oxygen atoms in total. The first-order valence-corrected chi connectivity index (χ1v) is 43.9. The lowest BCUT2D eigenvalue weighted by Gasteiger charge is -2.24. The van der Waals surface area contributed by atoms with Crippen molar-refractivity contribution in [3.63, 3.8) is 0 Å². The third kappa shape index (κ3) is 41.0. The van der Waals surface area contributed by atoms with E-state index in [0.29, 0.717) is 49.5 Å². The Morgan fingerprint density at radius 3 is 1.25 bits per heavy atom. The fraction of sp³-hybridized carbons (Fsp3) is 0.521. The van der Waals surface area contributed by atoms with Gasteiger partial charge >= 0.3 is 40.8 Å². The second-order valence-electron chi connectivity index (χ2n) is 26.8. The van der Waals surface area contributed by atoms with Gasteiger partial charge in [-0.25, -0.2) is 54.9 Å². The van der Waals surface area contributed by atoms with Crippen LogP contribution < -0.4 is 9.47 Å². The molecule has 0 N–H and O–H groups in total. The molecule has 644 valence electrons. The van der Waals surface area contributed by atoms with Gasteiger partial charge in [-0.3, -0.25) is 34.1 Å². The van der Waals surface area contributed by atoms with E-state index in [1.54, 1.807) is 67.5 Å². The molecule has 5 aromatic rings. The quantitative estimate of drug-likeness (QED) is 0.00683. The maximum Gasteiger partial charge on any atom is 0.364 e. The molecular formula is C73H98F3NO31S6-6. The second-order valence-corrected chi connectivity index (χ2v) is 35.4. The number of hydrogen-bond acceptors (Lipinski definition) is 31. The van der Waals surface area contributed by atoms with Crippen LogP contribution in [-0.4, -0.2) is 155 Å². The summed E-state index contributed by atoms with van der Waals surface area (Å²) in [6.45, 7) is 24.6. The Hall–Kier alpha value is -8.10. The smallest absolute Gasteiger partial charge is 0.364 e. The standard InChI is InChI=1S/C17H20O4S.C16H22O7S.C11H13NO7S.C10H17F3O5S.C10H14O3S.C9H18O5S/c1-3-13(2)15-6-4-14(5-7-15)12-21-16-8-10-17(11-9-16)22(18,19)20;1-12(15(17)22-9-6-10-24(19,20)21)13(2)16(18)23-11-14-7-4-3-5-8-14;1-3-7(2)11(13)19-10-5-4-8(20(16,17)18)6-9(10)12(14)15;1-4-9(2,3)8(14)18-6-5-7(11)10(12,13)19(15,16)17;1-3-8(2)9-4-6-10(7-5-9)14(11,12)13;1-4-9(2,3)8(10)14-6-5-7-15(11,12)13/h4-11,13H,3,12H2,1-2H3,(H,18,19,20);3-5,7-8,12-13H,6,9-11H2,1-2H3,(H,19,20,21);4-7H,3H2,1-2H3,(H,16,17,18);7H,4-6H2,1-3H3,(H,15,16,17);4-8H,3H2,1-2H3,(H,11,12,13);4-7H2,1-3H3,(H,11,12,13)/p-6. The molecule has 0 aliphatic heterocycles. The first-order valence-electron chi connectivity index (χ1n) is 35.1. The van der Waals surface area contributed by atoms with Crippen molar-refractivity contribution in [1.82, 2.24) is 0 Å². The molecule has 0 fully saturated rings. The van der Waals surface area contributed by atoms with Crippen LogP contribution in [0.2, 0.25) is 0 Å². The van der Waals surface area contributed by atoms with Gasteiger partial charge in [-0.2, -0.15) is 8.78 Å². The Kier molecular flexibility index (Phi) is 45.0. The van der Waals surface area contributed by atoms with Crippen molar-refractivity contribution in [2.75, 3.05) is 31.3 Å². The van der Waals surface area contributed by atoms with Crippen LogP contribution in [0.15, 0.2) is 136 Å². The van der Waals surface area contributed by atoms with Crippen LogP contribution in [0.1, 0.15) is 182 Å². The lowest BCUT2D eigenvalue weighted by atomic mass is 9.91. The number of carbonyl (C=O) groups excluding carboxylic acids is 5. The van der Waals surface area contributed by atoms with Gasteiger partial charge < -0.3 is 55.7 Å². The van der Waals surface area contributed by atoms with E-state index in [1.165, 1.54) is 48.9 Å². The summed E-state index contributed by atoms with van der Waals surface area (Å²) in [6, 6.07) is 31.3. The summed E-state index contributed by atoms with van der Waals surface area (Å²) in [7, 11) is -28.1. The molecule has 5 aromatic carbocycles. The third-order valence-corrected chi connectivity index (χ3v) is 22.1. The summed E-state index contributed by atoms with van der Waals surface area (Å²) in [5.74, 6) is -4.85. The van der Waals surface area contributed by atoms with E-state index < -0.39 is 170 Å². The van der Waals surface area contributed by atoms with E-state index in [4.69, 9.17) is 23.7 Å². The van der Waals surface area contributed by atoms with Crippen molar-refractivity contribution in [2.45, 2.75) is 199 Å². The number of esters is 5. The molecular weight excluding hydrogens is 1640 g/mol.